The molecule has 0 unspecified atom stereocenters. The first kappa shape index (κ1) is 17.2. The fourth-order valence-electron chi connectivity index (χ4n) is 3.00. The minimum Gasteiger partial charge on any atom is -0.264 e. The van der Waals surface area contributed by atoms with Crippen molar-refractivity contribution in [2.75, 3.05) is 0 Å². The number of halogens is 1. The van der Waals surface area contributed by atoms with E-state index in [4.69, 9.17) is 26.7 Å². The van der Waals surface area contributed by atoms with Crippen LogP contribution in [0.1, 0.15) is 5.56 Å². The molecule has 0 bridgehead atoms. The van der Waals surface area contributed by atoms with Crippen molar-refractivity contribution < 1.29 is 0 Å². The van der Waals surface area contributed by atoms with Crippen LogP contribution in [0, 0.1) is 0 Å². The summed E-state index contributed by atoms with van der Waals surface area (Å²) in [6.07, 6.45) is 3.50. The molecule has 0 N–H and O–H groups in total. The van der Waals surface area contributed by atoms with Gasteiger partial charge in [0.2, 0.25) is 0 Å². The standard InChI is InChI=1S/C21H14ClN5S/c22-17-9-3-1-6-15(17)13-28-21-24-18-10-4-2-8-16(18)20-25-19(26-27(20)21)14-7-5-11-23-12-14/h1-12H,13H2. The Morgan fingerprint density at radius 3 is 2.64 bits per heavy atom. The normalized spacial score (nSPS) is 11.3. The van der Waals surface area contributed by atoms with E-state index in [9.17, 15) is 0 Å². The van der Waals surface area contributed by atoms with Gasteiger partial charge in [-0.25, -0.2) is 9.97 Å². The number of para-hydroxylation sites is 1. The predicted octanol–water partition coefficient (Wildman–Crippen LogP) is 5.29. The fourth-order valence-corrected chi connectivity index (χ4v) is 4.23. The maximum atomic E-state index is 6.31. The topological polar surface area (TPSA) is 56.0 Å². The van der Waals surface area contributed by atoms with Crippen LogP contribution in [0.2, 0.25) is 5.02 Å². The number of aromatic nitrogens is 5. The van der Waals surface area contributed by atoms with E-state index in [0.29, 0.717) is 11.6 Å². The van der Waals surface area contributed by atoms with E-state index in [1.165, 1.54) is 0 Å². The van der Waals surface area contributed by atoms with E-state index in [1.54, 1.807) is 24.2 Å². The molecule has 0 fully saturated rings. The summed E-state index contributed by atoms with van der Waals surface area (Å²) >= 11 is 7.90. The lowest BCUT2D eigenvalue weighted by Crippen LogP contribution is -1.98. The highest BCUT2D eigenvalue weighted by Gasteiger charge is 2.15. The molecule has 0 aliphatic rings. The molecule has 0 aliphatic carbocycles. The zero-order valence-electron chi connectivity index (χ0n) is 14.7. The largest absolute Gasteiger partial charge is 0.264 e. The average Bonchev–Trinajstić information content (AvgIpc) is 3.20. The molecule has 0 amide bonds. The summed E-state index contributed by atoms with van der Waals surface area (Å²) in [6, 6.07) is 19.6. The van der Waals surface area contributed by atoms with Gasteiger partial charge >= 0.3 is 0 Å². The Morgan fingerprint density at radius 2 is 1.79 bits per heavy atom. The van der Waals surface area contributed by atoms with Crippen LogP contribution in [0.25, 0.3) is 27.9 Å². The maximum Gasteiger partial charge on any atom is 0.191 e. The molecule has 5 aromatic rings. The van der Waals surface area contributed by atoms with Gasteiger partial charge in [-0.1, -0.05) is 53.7 Å². The molecule has 0 atom stereocenters. The molecule has 2 aromatic carbocycles. The van der Waals surface area contributed by atoms with Gasteiger partial charge in [0.05, 0.1) is 5.52 Å². The molecule has 7 heteroatoms. The molecule has 136 valence electrons. The van der Waals surface area contributed by atoms with Crippen molar-refractivity contribution >= 4 is 39.9 Å². The van der Waals surface area contributed by atoms with E-state index in [0.717, 1.165) is 37.9 Å². The summed E-state index contributed by atoms with van der Waals surface area (Å²) < 4.78 is 1.81. The van der Waals surface area contributed by atoms with Crippen molar-refractivity contribution in [3.8, 4) is 11.4 Å². The number of benzene rings is 2. The van der Waals surface area contributed by atoms with E-state index in [-0.39, 0.29) is 0 Å². The van der Waals surface area contributed by atoms with Gasteiger partial charge < -0.3 is 0 Å². The maximum absolute atomic E-state index is 6.31. The molecule has 0 saturated carbocycles. The molecule has 0 aliphatic heterocycles. The Balaban J connectivity index is 1.64. The van der Waals surface area contributed by atoms with Gasteiger partial charge in [0.1, 0.15) is 0 Å². The number of fused-ring (bicyclic) bond motifs is 3. The number of hydrogen-bond acceptors (Lipinski definition) is 5. The quantitative estimate of drug-likeness (QED) is 0.301. The molecule has 3 aromatic heterocycles. The summed E-state index contributed by atoms with van der Waals surface area (Å²) in [7, 11) is 0. The molecular formula is C21H14ClN5S. The van der Waals surface area contributed by atoms with Gasteiger partial charge in [0.15, 0.2) is 16.6 Å². The smallest absolute Gasteiger partial charge is 0.191 e. The lowest BCUT2D eigenvalue weighted by molar-refractivity contribution is 0.811. The molecular weight excluding hydrogens is 390 g/mol. The zero-order chi connectivity index (χ0) is 18.9. The van der Waals surface area contributed by atoms with Gasteiger partial charge in [-0.15, -0.1) is 5.10 Å². The first-order valence-corrected chi connectivity index (χ1v) is 10.1. The van der Waals surface area contributed by atoms with E-state index < -0.39 is 0 Å². The third-order valence-electron chi connectivity index (χ3n) is 4.38. The number of thioether (sulfide) groups is 1. The molecule has 0 saturated heterocycles. The minimum absolute atomic E-state index is 0.630. The van der Waals surface area contributed by atoms with Crippen LogP contribution in [0.4, 0.5) is 0 Å². The Morgan fingerprint density at radius 1 is 0.929 bits per heavy atom. The highest BCUT2D eigenvalue weighted by Crippen LogP contribution is 2.29. The van der Waals surface area contributed by atoms with Gasteiger partial charge in [-0.2, -0.15) is 4.52 Å². The zero-order valence-corrected chi connectivity index (χ0v) is 16.2. The van der Waals surface area contributed by atoms with Crippen molar-refractivity contribution in [1.29, 1.82) is 0 Å². The van der Waals surface area contributed by atoms with Crippen LogP contribution < -0.4 is 0 Å². The molecule has 3 heterocycles. The van der Waals surface area contributed by atoms with Gasteiger partial charge in [-0.05, 0) is 35.9 Å². The predicted molar refractivity (Wildman–Crippen MR) is 113 cm³/mol. The van der Waals surface area contributed by atoms with Crippen molar-refractivity contribution in [3.05, 3.63) is 83.6 Å². The van der Waals surface area contributed by atoms with Crippen LogP contribution in [0.5, 0.6) is 0 Å². The van der Waals surface area contributed by atoms with E-state index >= 15 is 0 Å². The van der Waals surface area contributed by atoms with Crippen molar-refractivity contribution in [2.24, 2.45) is 0 Å². The van der Waals surface area contributed by atoms with Crippen LogP contribution in [0.15, 0.2) is 78.2 Å². The van der Waals surface area contributed by atoms with Crippen molar-refractivity contribution in [3.63, 3.8) is 0 Å². The minimum atomic E-state index is 0.630. The highest BCUT2D eigenvalue weighted by molar-refractivity contribution is 7.98. The summed E-state index contributed by atoms with van der Waals surface area (Å²) in [5.41, 5.74) is 3.61. The second-order valence-corrected chi connectivity index (χ2v) is 7.55. The summed E-state index contributed by atoms with van der Waals surface area (Å²) in [5.74, 6) is 1.33. The van der Waals surface area contributed by atoms with Gasteiger partial charge in [0, 0.05) is 34.1 Å². The number of pyridine rings is 1. The number of rotatable bonds is 4. The van der Waals surface area contributed by atoms with E-state index in [1.807, 2.05) is 65.2 Å². The molecule has 5 nitrogen and oxygen atoms in total. The van der Waals surface area contributed by atoms with Crippen molar-refractivity contribution in [2.45, 2.75) is 10.9 Å². The third kappa shape index (κ3) is 3.10. The SMILES string of the molecule is Clc1ccccc1CSc1nc2ccccc2c2nc(-c3cccnc3)nn12. The van der Waals surface area contributed by atoms with Crippen LogP contribution in [-0.4, -0.2) is 24.6 Å². The summed E-state index contributed by atoms with van der Waals surface area (Å²) in [6.45, 7) is 0. The third-order valence-corrected chi connectivity index (χ3v) is 5.73. The highest BCUT2D eigenvalue weighted by atomic mass is 35.5. The fraction of sp³-hybridized carbons (Fsp3) is 0.0476. The Hall–Kier alpha value is -2.96. The Bertz CT molecular complexity index is 1290. The second-order valence-electron chi connectivity index (χ2n) is 6.20. The summed E-state index contributed by atoms with van der Waals surface area (Å²) in [5, 5.41) is 7.21. The average molecular weight is 404 g/mol. The van der Waals surface area contributed by atoms with Crippen LogP contribution in [0.3, 0.4) is 0 Å². The van der Waals surface area contributed by atoms with Crippen molar-refractivity contribution in [1.82, 2.24) is 24.6 Å². The van der Waals surface area contributed by atoms with E-state index in [2.05, 4.69) is 4.98 Å². The Kier molecular flexibility index (Phi) is 4.43. The lowest BCUT2D eigenvalue weighted by Gasteiger charge is -2.07. The summed E-state index contributed by atoms with van der Waals surface area (Å²) in [4.78, 5) is 13.8. The molecule has 0 radical (unpaired) electrons. The Labute approximate surface area is 170 Å². The molecule has 0 spiro atoms. The molecule has 28 heavy (non-hydrogen) atoms. The monoisotopic (exact) mass is 403 g/mol. The molecule has 5 rings (SSSR count). The number of nitrogens with zero attached hydrogens (tertiary/aromatic N) is 5. The first-order chi connectivity index (χ1) is 13.8. The first-order valence-electron chi connectivity index (χ1n) is 8.72. The lowest BCUT2D eigenvalue weighted by atomic mass is 10.2. The second kappa shape index (κ2) is 7.22. The van der Waals surface area contributed by atoms with Gasteiger partial charge in [0.25, 0.3) is 0 Å². The van der Waals surface area contributed by atoms with Crippen LogP contribution in [-0.2, 0) is 5.75 Å². The van der Waals surface area contributed by atoms with Crippen LogP contribution >= 0.6 is 23.4 Å². The van der Waals surface area contributed by atoms with Gasteiger partial charge in [-0.3, -0.25) is 4.98 Å². The number of hydrogen-bond donors (Lipinski definition) is 0.